The van der Waals surface area contributed by atoms with Crippen molar-refractivity contribution in [3.63, 3.8) is 0 Å². The van der Waals surface area contributed by atoms with Crippen LogP contribution in [0.2, 0.25) is 5.02 Å². The van der Waals surface area contributed by atoms with E-state index < -0.39 is 0 Å². The Morgan fingerprint density at radius 3 is 2.90 bits per heavy atom. The predicted molar refractivity (Wildman–Crippen MR) is 86.3 cm³/mol. The summed E-state index contributed by atoms with van der Waals surface area (Å²) in [6, 6.07) is 5.65. The molecule has 0 aromatic heterocycles. The van der Waals surface area contributed by atoms with Gasteiger partial charge in [-0.2, -0.15) is 0 Å². The number of nitrogens with two attached hydrogens (primary N) is 1. The summed E-state index contributed by atoms with van der Waals surface area (Å²) in [6.45, 7) is 1.64. The Balaban J connectivity index is 2.17. The van der Waals surface area contributed by atoms with E-state index in [1.165, 1.54) is 0 Å². The highest BCUT2D eigenvalue weighted by Gasteiger charge is 2.25. The van der Waals surface area contributed by atoms with Gasteiger partial charge in [-0.3, -0.25) is 4.79 Å². The molecule has 0 radical (unpaired) electrons. The van der Waals surface area contributed by atoms with E-state index in [0.717, 1.165) is 25.1 Å². The highest BCUT2D eigenvalue weighted by molar-refractivity contribution is 7.80. The van der Waals surface area contributed by atoms with Crippen molar-refractivity contribution in [2.75, 3.05) is 25.0 Å². The van der Waals surface area contributed by atoms with Gasteiger partial charge in [-0.05, 0) is 31.0 Å². The molecule has 1 aliphatic heterocycles. The first-order valence-electron chi connectivity index (χ1n) is 6.59. The van der Waals surface area contributed by atoms with Crippen molar-refractivity contribution in [2.45, 2.75) is 12.8 Å². The van der Waals surface area contributed by atoms with Crippen LogP contribution in [0, 0.1) is 5.92 Å². The molecular weight excluding hydrogens is 294 g/mol. The van der Waals surface area contributed by atoms with E-state index in [2.05, 4.69) is 10.2 Å². The molecule has 2 rings (SSSR count). The maximum atomic E-state index is 11.8. The van der Waals surface area contributed by atoms with Gasteiger partial charge in [0.15, 0.2) is 0 Å². The van der Waals surface area contributed by atoms with Crippen molar-refractivity contribution in [2.24, 2.45) is 11.7 Å². The number of hydrogen-bond donors (Lipinski definition) is 2. The number of halogens is 1. The summed E-state index contributed by atoms with van der Waals surface area (Å²) in [5, 5.41) is 3.27. The van der Waals surface area contributed by atoms with Gasteiger partial charge >= 0.3 is 0 Å². The highest BCUT2D eigenvalue weighted by Crippen LogP contribution is 2.27. The van der Waals surface area contributed by atoms with Crippen LogP contribution in [0.3, 0.4) is 0 Å². The van der Waals surface area contributed by atoms with Gasteiger partial charge in [0, 0.05) is 31.4 Å². The molecule has 20 heavy (non-hydrogen) atoms. The lowest BCUT2D eigenvalue weighted by Crippen LogP contribution is -2.42. The quantitative estimate of drug-likeness (QED) is 0.838. The van der Waals surface area contributed by atoms with Gasteiger partial charge in [-0.25, -0.2) is 0 Å². The first-order chi connectivity index (χ1) is 9.52. The second-order valence-corrected chi connectivity index (χ2v) is 5.77. The van der Waals surface area contributed by atoms with Crippen LogP contribution in [0.15, 0.2) is 18.2 Å². The third-order valence-corrected chi connectivity index (χ3v) is 4.15. The number of piperidine rings is 1. The van der Waals surface area contributed by atoms with Crippen molar-refractivity contribution in [1.29, 1.82) is 0 Å². The van der Waals surface area contributed by atoms with Crippen molar-refractivity contribution in [3.8, 4) is 0 Å². The monoisotopic (exact) mass is 311 g/mol. The zero-order chi connectivity index (χ0) is 14.7. The Hall–Kier alpha value is -1.33. The molecule has 0 saturated carbocycles. The maximum absolute atomic E-state index is 11.8. The molecule has 1 heterocycles. The number of nitrogens with one attached hydrogen (secondary N) is 1. The molecule has 1 aliphatic rings. The third kappa shape index (κ3) is 3.22. The Kier molecular flexibility index (Phi) is 4.83. The van der Waals surface area contributed by atoms with E-state index >= 15 is 0 Å². The largest absolute Gasteiger partial charge is 0.389 e. The molecule has 1 amide bonds. The fourth-order valence-corrected chi connectivity index (χ4v) is 3.04. The van der Waals surface area contributed by atoms with Crippen molar-refractivity contribution >= 4 is 40.4 Å². The Bertz CT molecular complexity index is 535. The molecule has 6 heteroatoms. The second kappa shape index (κ2) is 6.41. The molecule has 0 aliphatic carbocycles. The van der Waals surface area contributed by atoms with E-state index in [-0.39, 0.29) is 11.8 Å². The number of benzene rings is 1. The summed E-state index contributed by atoms with van der Waals surface area (Å²) < 4.78 is 0. The summed E-state index contributed by atoms with van der Waals surface area (Å²) in [4.78, 5) is 14.2. The van der Waals surface area contributed by atoms with Crippen molar-refractivity contribution < 1.29 is 4.79 Å². The number of hydrogen-bond acceptors (Lipinski definition) is 3. The molecule has 3 N–H and O–H groups in total. The fraction of sp³-hybridized carbons (Fsp3) is 0.429. The molecule has 1 unspecified atom stereocenters. The summed E-state index contributed by atoms with van der Waals surface area (Å²) >= 11 is 11.1. The van der Waals surface area contributed by atoms with E-state index in [9.17, 15) is 4.79 Å². The van der Waals surface area contributed by atoms with Crippen LogP contribution in [-0.2, 0) is 4.79 Å². The van der Waals surface area contributed by atoms with Crippen LogP contribution < -0.4 is 16.0 Å². The smallest absolute Gasteiger partial charge is 0.224 e. The van der Waals surface area contributed by atoms with Crippen LogP contribution in [0.4, 0.5) is 5.69 Å². The number of carbonyl (C=O) groups excluding carboxylic acids is 1. The molecule has 1 fully saturated rings. The van der Waals surface area contributed by atoms with Crippen LogP contribution in [0.5, 0.6) is 0 Å². The first kappa shape index (κ1) is 15.1. The highest BCUT2D eigenvalue weighted by atomic mass is 35.5. The molecule has 4 nitrogen and oxygen atoms in total. The number of amides is 1. The van der Waals surface area contributed by atoms with Gasteiger partial charge < -0.3 is 16.0 Å². The van der Waals surface area contributed by atoms with Crippen molar-refractivity contribution in [3.05, 3.63) is 28.8 Å². The topological polar surface area (TPSA) is 58.4 Å². The summed E-state index contributed by atoms with van der Waals surface area (Å²) in [6.07, 6.45) is 1.92. The molecule has 1 saturated heterocycles. The average Bonchev–Trinajstić information content (AvgIpc) is 2.46. The van der Waals surface area contributed by atoms with Crippen molar-refractivity contribution in [1.82, 2.24) is 5.32 Å². The minimum Gasteiger partial charge on any atom is -0.389 e. The SMILES string of the molecule is CNC(=O)C1CCCN(c2ccc(C(N)=S)c(Cl)c2)C1. The Labute approximate surface area is 129 Å². The predicted octanol–water partition coefficient (Wildman–Crippen LogP) is 1.94. The zero-order valence-electron chi connectivity index (χ0n) is 11.4. The lowest BCUT2D eigenvalue weighted by atomic mass is 9.96. The normalized spacial score (nSPS) is 18.7. The summed E-state index contributed by atoms with van der Waals surface area (Å²) in [5.41, 5.74) is 7.29. The van der Waals surface area contributed by atoms with Gasteiger partial charge in [-0.15, -0.1) is 0 Å². The van der Waals surface area contributed by atoms with Crippen LogP contribution in [0.1, 0.15) is 18.4 Å². The standard InChI is InChI=1S/C14H18ClN3OS/c1-17-14(19)9-3-2-6-18(8-9)10-4-5-11(13(16)20)12(15)7-10/h4-5,7,9H,2-3,6,8H2,1H3,(H2,16,20)(H,17,19). The van der Waals surface area contributed by atoms with Gasteiger partial charge in [0.25, 0.3) is 0 Å². The van der Waals surface area contributed by atoms with E-state index in [1.807, 2.05) is 18.2 Å². The molecule has 0 bridgehead atoms. The van der Waals surface area contributed by atoms with Gasteiger partial charge in [0.05, 0.1) is 10.9 Å². The number of anilines is 1. The number of nitrogens with zero attached hydrogens (tertiary/aromatic N) is 1. The summed E-state index contributed by atoms with van der Waals surface area (Å²) in [7, 11) is 1.68. The Morgan fingerprint density at radius 1 is 1.55 bits per heavy atom. The van der Waals surface area contributed by atoms with Crippen LogP contribution in [0.25, 0.3) is 0 Å². The van der Waals surface area contributed by atoms with Gasteiger partial charge in [-0.1, -0.05) is 23.8 Å². The lowest BCUT2D eigenvalue weighted by molar-refractivity contribution is -0.124. The van der Waals surface area contributed by atoms with Crippen LogP contribution in [-0.4, -0.2) is 31.0 Å². The molecule has 1 aromatic rings. The van der Waals surface area contributed by atoms with Crippen LogP contribution >= 0.6 is 23.8 Å². The molecule has 108 valence electrons. The second-order valence-electron chi connectivity index (χ2n) is 4.93. The number of carbonyl (C=O) groups is 1. The van der Waals surface area contributed by atoms with Gasteiger partial charge in [0.1, 0.15) is 4.99 Å². The first-order valence-corrected chi connectivity index (χ1v) is 7.37. The molecule has 0 spiro atoms. The fourth-order valence-electron chi connectivity index (χ4n) is 2.53. The minimum atomic E-state index is 0.0304. The molecule has 1 atom stereocenters. The number of thiocarbonyl (C=S) groups is 1. The lowest BCUT2D eigenvalue weighted by Gasteiger charge is -2.33. The zero-order valence-corrected chi connectivity index (χ0v) is 12.9. The van der Waals surface area contributed by atoms with E-state index in [0.29, 0.717) is 22.1 Å². The summed E-state index contributed by atoms with van der Waals surface area (Å²) in [5.74, 6) is 0.128. The number of rotatable bonds is 3. The van der Waals surface area contributed by atoms with E-state index in [1.54, 1.807) is 7.05 Å². The van der Waals surface area contributed by atoms with E-state index in [4.69, 9.17) is 29.6 Å². The maximum Gasteiger partial charge on any atom is 0.224 e. The molecule has 1 aromatic carbocycles. The Morgan fingerprint density at radius 2 is 2.30 bits per heavy atom. The average molecular weight is 312 g/mol. The van der Waals surface area contributed by atoms with Gasteiger partial charge in [0.2, 0.25) is 5.91 Å². The third-order valence-electron chi connectivity index (χ3n) is 3.62. The minimum absolute atomic E-state index is 0.0304. The molecular formula is C14H18ClN3OS.